The van der Waals surface area contributed by atoms with Gasteiger partial charge in [0.15, 0.2) is 0 Å². The van der Waals surface area contributed by atoms with Crippen molar-refractivity contribution in [2.75, 3.05) is 7.11 Å². The van der Waals surface area contributed by atoms with Crippen molar-refractivity contribution in [2.24, 2.45) is 5.73 Å². The summed E-state index contributed by atoms with van der Waals surface area (Å²) in [7, 11) is 1.79. The van der Waals surface area contributed by atoms with Crippen molar-refractivity contribution in [1.29, 1.82) is 0 Å². The minimum atomic E-state index is -0.0911. The van der Waals surface area contributed by atoms with Crippen molar-refractivity contribution in [3.8, 4) is 0 Å². The monoisotopic (exact) mass is 215 g/mol. The first kappa shape index (κ1) is 14.9. The van der Waals surface area contributed by atoms with Gasteiger partial charge in [0.25, 0.3) is 0 Å². The second-order valence-electron chi connectivity index (χ2n) is 4.43. The van der Waals surface area contributed by atoms with E-state index in [-0.39, 0.29) is 11.6 Å². The molecule has 92 valence electrons. The standard InChI is InChI=1S/C13H29NO/c1-5-8-9-10-11-12(14)13(6-2,7-3)15-4/h12H,5-11,14H2,1-4H3. The van der Waals surface area contributed by atoms with E-state index in [4.69, 9.17) is 10.5 Å². The average molecular weight is 215 g/mol. The van der Waals surface area contributed by atoms with Crippen molar-refractivity contribution >= 4 is 0 Å². The Kier molecular flexibility index (Phi) is 8.07. The maximum atomic E-state index is 6.24. The number of unbranched alkanes of at least 4 members (excludes halogenated alkanes) is 3. The molecule has 2 heteroatoms. The molecule has 0 bridgehead atoms. The third-order valence-corrected chi connectivity index (χ3v) is 3.65. The summed E-state index contributed by atoms with van der Waals surface area (Å²) in [5, 5.41) is 0. The predicted molar refractivity (Wildman–Crippen MR) is 67.1 cm³/mol. The summed E-state index contributed by atoms with van der Waals surface area (Å²) in [6.45, 7) is 6.56. The van der Waals surface area contributed by atoms with Gasteiger partial charge in [0.2, 0.25) is 0 Å². The summed E-state index contributed by atoms with van der Waals surface area (Å²) in [5.74, 6) is 0. The Labute approximate surface area is 95.6 Å². The maximum Gasteiger partial charge on any atom is 0.0823 e. The molecule has 0 aromatic carbocycles. The first-order chi connectivity index (χ1) is 7.16. The molecule has 0 spiro atoms. The van der Waals surface area contributed by atoms with Gasteiger partial charge in [0.1, 0.15) is 0 Å². The number of ether oxygens (including phenoxy) is 1. The molecule has 0 radical (unpaired) electrons. The second-order valence-corrected chi connectivity index (χ2v) is 4.43. The molecule has 1 atom stereocenters. The highest BCUT2D eigenvalue weighted by molar-refractivity contribution is 4.88. The summed E-state index contributed by atoms with van der Waals surface area (Å²) >= 11 is 0. The molecule has 1 unspecified atom stereocenters. The zero-order chi connectivity index (χ0) is 11.7. The van der Waals surface area contributed by atoms with E-state index in [2.05, 4.69) is 20.8 Å². The van der Waals surface area contributed by atoms with Crippen molar-refractivity contribution in [2.45, 2.75) is 77.4 Å². The van der Waals surface area contributed by atoms with Crippen LogP contribution in [0.25, 0.3) is 0 Å². The quantitative estimate of drug-likeness (QED) is 0.598. The van der Waals surface area contributed by atoms with Crippen LogP contribution in [0.4, 0.5) is 0 Å². The van der Waals surface area contributed by atoms with Crippen LogP contribution in [0.2, 0.25) is 0 Å². The lowest BCUT2D eigenvalue weighted by atomic mass is 9.85. The van der Waals surface area contributed by atoms with Gasteiger partial charge in [-0.2, -0.15) is 0 Å². The van der Waals surface area contributed by atoms with E-state index in [9.17, 15) is 0 Å². The summed E-state index contributed by atoms with van der Waals surface area (Å²) in [6.07, 6.45) is 8.26. The van der Waals surface area contributed by atoms with E-state index < -0.39 is 0 Å². The van der Waals surface area contributed by atoms with Gasteiger partial charge in [0, 0.05) is 13.2 Å². The fraction of sp³-hybridized carbons (Fsp3) is 1.00. The Hall–Kier alpha value is -0.0800. The minimum absolute atomic E-state index is 0.0911. The van der Waals surface area contributed by atoms with E-state index in [0.717, 1.165) is 19.3 Å². The second kappa shape index (κ2) is 8.12. The highest BCUT2D eigenvalue weighted by Gasteiger charge is 2.32. The summed E-state index contributed by atoms with van der Waals surface area (Å²) < 4.78 is 5.63. The fourth-order valence-corrected chi connectivity index (χ4v) is 2.27. The van der Waals surface area contributed by atoms with Gasteiger partial charge in [-0.25, -0.2) is 0 Å². The Bertz CT molecular complexity index is 135. The SMILES string of the molecule is CCCCCCC(N)C(CC)(CC)OC. The zero-order valence-electron chi connectivity index (χ0n) is 11.0. The lowest BCUT2D eigenvalue weighted by Gasteiger charge is -2.36. The third kappa shape index (κ3) is 4.52. The molecule has 0 aliphatic rings. The van der Waals surface area contributed by atoms with E-state index in [0.29, 0.717) is 0 Å². The summed E-state index contributed by atoms with van der Waals surface area (Å²) in [5.41, 5.74) is 6.15. The molecule has 2 N–H and O–H groups in total. The molecular formula is C13H29NO. The topological polar surface area (TPSA) is 35.2 Å². The lowest BCUT2D eigenvalue weighted by molar-refractivity contribution is -0.0399. The van der Waals surface area contributed by atoms with Gasteiger partial charge < -0.3 is 10.5 Å². The molecule has 0 saturated heterocycles. The van der Waals surface area contributed by atoms with E-state index in [1.807, 2.05) is 0 Å². The molecule has 0 aromatic heterocycles. The van der Waals surface area contributed by atoms with Crippen LogP contribution in [0.3, 0.4) is 0 Å². The lowest BCUT2D eigenvalue weighted by Crippen LogP contribution is -2.48. The smallest absolute Gasteiger partial charge is 0.0823 e. The molecule has 0 saturated carbocycles. The Morgan fingerprint density at radius 2 is 1.67 bits per heavy atom. The van der Waals surface area contributed by atoms with Crippen LogP contribution in [-0.2, 0) is 4.74 Å². The molecule has 0 rings (SSSR count). The Morgan fingerprint density at radius 1 is 1.07 bits per heavy atom. The highest BCUT2D eigenvalue weighted by Crippen LogP contribution is 2.26. The van der Waals surface area contributed by atoms with Gasteiger partial charge in [0.05, 0.1) is 5.60 Å². The minimum Gasteiger partial charge on any atom is -0.377 e. The van der Waals surface area contributed by atoms with Crippen LogP contribution in [-0.4, -0.2) is 18.8 Å². The van der Waals surface area contributed by atoms with Crippen LogP contribution in [0.5, 0.6) is 0 Å². The maximum absolute atomic E-state index is 6.24. The van der Waals surface area contributed by atoms with E-state index in [1.54, 1.807) is 7.11 Å². The molecule has 15 heavy (non-hydrogen) atoms. The third-order valence-electron chi connectivity index (χ3n) is 3.65. The Morgan fingerprint density at radius 3 is 2.07 bits per heavy atom. The molecule has 0 aliphatic carbocycles. The molecule has 2 nitrogen and oxygen atoms in total. The zero-order valence-corrected chi connectivity index (χ0v) is 11.0. The fourth-order valence-electron chi connectivity index (χ4n) is 2.27. The molecule has 0 fully saturated rings. The largest absolute Gasteiger partial charge is 0.377 e. The molecule has 0 aromatic rings. The molecule has 0 amide bonds. The first-order valence-electron chi connectivity index (χ1n) is 6.47. The normalized spacial score (nSPS) is 14.2. The van der Waals surface area contributed by atoms with Crippen LogP contribution >= 0.6 is 0 Å². The van der Waals surface area contributed by atoms with Crippen LogP contribution in [0.15, 0.2) is 0 Å². The van der Waals surface area contributed by atoms with Crippen molar-refractivity contribution in [3.63, 3.8) is 0 Å². The van der Waals surface area contributed by atoms with Crippen LogP contribution in [0.1, 0.15) is 65.7 Å². The average Bonchev–Trinajstić information content (AvgIpc) is 2.28. The number of nitrogens with two attached hydrogens (primary N) is 1. The van der Waals surface area contributed by atoms with Gasteiger partial charge in [-0.3, -0.25) is 0 Å². The number of rotatable bonds is 9. The first-order valence-corrected chi connectivity index (χ1v) is 6.47. The molecule has 0 aliphatic heterocycles. The number of hydrogen-bond acceptors (Lipinski definition) is 2. The van der Waals surface area contributed by atoms with Crippen molar-refractivity contribution in [1.82, 2.24) is 0 Å². The van der Waals surface area contributed by atoms with Gasteiger partial charge in [-0.15, -0.1) is 0 Å². The highest BCUT2D eigenvalue weighted by atomic mass is 16.5. The van der Waals surface area contributed by atoms with Crippen LogP contribution in [0, 0.1) is 0 Å². The van der Waals surface area contributed by atoms with Crippen molar-refractivity contribution < 1.29 is 4.74 Å². The molecule has 0 heterocycles. The van der Waals surface area contributed by atoms with Crippen LogP contribution < -0.4 is 5.73 Å². The van der Waals surface area contributed by atoms with E-state index in [1.165, 1.54) is 25.7 Å². The van der Waals surface area contributed by atoms with Crippen molar-refractivity contribution in [3.05, 3.63) is 0 Å². The summed E-state index contributed by atoms with van der Waals surface area (Å²) in [4.78, 5) is 0. The number of methoxy groups -OCH3 is 1. The molecular weight excluding hydrogens is 186 g/mol. The number of hydrogen-bond donors (Lipinski definition) is 1. The van der Waals surface area contributed by atoms with Gasteiger partial charge in [-0.05, 0) is 19.3 Å². The predicted octanol–water partition coefficient (Wildman–Crippen LogP) is 3.49. The Balaban J connectivity index is 3.97. The van der Waals surface area contributed by atoms with E-state index >= 15 is 0 Å². The van der Waals surface area contributed by atoms with Gasteiger partial charge in [-0.1, -0.05) is 46.5 Å². The van der Waals surface area contributed by atoms with Gasteiger partial charge >= 0.3 is 0 Å². The summed E-state index contributed by atoms with van der Waals surface area (Å²) in [6, 6.07) is 0.189.